The van der Waals surface area contributed by atoms with E-state index in [1.54, 1.807) is 0 Å². The highest BCUT2D eigenvalue weighted by Gasteiger charge is 2.43. The van der Waals surface area contributed by atoms with Crippen LogP contribution < -0.4 is 0 Å². The third-order valence-electron chi connectivity index (χ3n) is 2.83. The molecule has 1 heterocycles. The van der Waals surface area contributed by atoms with Crippen LogP contribution in [0.4, 0.5) is 0 Å². The molecular formula is C12H16O5S2. The van der Waals surface area contributed by atoms with Crippen LogP contribution in [0.2, 0.25) is 0 Å². The van der Waals surface area contributed by atoms with Crippen LogP contribution >= 0.6 is 21.6 Å². The first-order valence-corrected chi connectivity index (χ1v) is 8.03. The summed E-state index contributed by atoms with van der Waals surface area (Å²) in [5.41, 5.74) is -0.708. The monoisotopic (exact) mass is 304 g/mol. The van der Waals surface area contributed by atoms with Gasteiger partial charge in [-0.3, -0.25) is 0 Å². The summed E-state index contributed by atoms with van der Waals surface area (Å²) < 4.78 is 5.38. The Balaban J connectivity index is 1.95. The maximum Gasteiger partial charge on any atom is 0.142 e. The molecule has 0 bridgehead atoms. The van der Waals surface area contributed by atoms with Crippen molar-refractivity contribution in [1.82, 2.24) is 0 Å². The molecule has 1 aromatic carbocycles. The third kappa shape index (κ3) is 3.63. The summed E-state index contributed by atoms with van der Waals surface area (Å²) in [7, 11) is 2.65. The van der Waals surface area contributed by atoms with Crippen LogP contribution in [0.1, 0.15) is 0 Å². The van der Waals surface area contributed by atoms with E-state index in [1.807, 2.05) is 30.3 Å². The lowest BCUT2D eigenvalue weighted by Crippen LogP contribution is -2.57. The molecule has 0 amide bonds. The van der Waals surface area contributed by atoms with Gasteiger partial charge in [0.2, 0.25) is 0 Å². The highest BCUT2D eigenvalue weighted by Crippen LogP contribution is 2.39. The van der Waals surface area contributed by atoms with Gasteiger partial charge in [-0.2, -0.15) is 0 Å². The van der Waals surface area contributed by atoms with Crippen molar-refractivity contribution in [3.05, 3.63) is 30.3 Å². The Kier molecular flexibility index (Phi) is 5.52. The zero-order valence-electron chi connectivity index (χ0n) is 9.99. The SMILES string of the molecule is OCC1OC(SSc2ccccc2)C(O)C(O)C1O. The second-order valence-electron chi connectivity index (χ2n) is 4.19. The molecule has 5 nitrogen and oxygen atoms in total. The fraction of sp³-hybridized carbons (Fsp3) is 0.500. The summed E-state index contributed by atoms with van der Waals surface area (Å²) in [5, 5.41) is 38.2. The van der Waals surface area contributed by atoms with Crippen molar-refractivity contribution < 1.29 is 25.2 Å². The van der Waals surface area contributed by atoms with Gasteiger partial charge in [-0.25, -0.2) is 0 Å². The van der Waals surface area contributed by atoms with Crippen molar-refractivity contribution in [2.24, 2.45) is 0 Å². The normalized spacial score (nSPS) is 35.3. The number of aliphatic hydroxyl groups is 4. The lowest BCUT2D eigenvalue weighted by Gasteiger charge is -2.39. The number of hydrogen-bond donors (Lipinski definition) is 4. The van der Waals surface area contributed by atoms with Crippen LogP contribution in [-0.2, 0) is 4.74 Å². The van der Waals surface area contributed by atoms with E-state index < -0.39 is 36.5 Å². The molecule has 5 unspecified atom stereocenters. The van der Waals surface area contributed by atoms with Crippen molar-refractivity contribution in [3.8, 4) is 0 Å². The lowest BCUT2D eigenvalue weighted by molar-refractivity contribution is -0.205. The van der Waals surface area contributed by atoms with Crippen LogP contribution in [0.3, 0.4) is 0 Å². The van der Waals surface area contributed by atoms with Crippen molar-refractivity contribution >= 4 is 21.6 Å². The van der Waals surface area contributed by atoms with Crippen molar-refractivity contribution in [2.45, 2.75) is 34.7 Å². The average molecular weight is 304 g/mol. The Bertz CT molecular complexity index is 389. The molecular weight excluding hydrogens is 288 g/mol. The Morgan fingerprint density at radius 3 is 2.32 bits per heavy atom. The van der Waals surface area contributed by atoms with Gasteiger partial charge in [0.1, 0.15) is 29.9 Å². The molecule has 0 aliphatic carbocycles. The zero-order valence-corrected chi connectivity index (χ0v) is 11.6. The minimum Gasteiger partial charge on any atom is -0.394 e. The average Bonchev–Trinajstić information content (AvgIpc) is 2.45. The minimum atomic E-state index is -1.32. The van der Waals surface area contributed by atoms with Gasteiger partial charge in [0, 0.05) is 4.90 Å². The molecule has 2 rings (SSSR count). The second kappa shape index (κ2) is 6.94. The standard InChI is InChI=1S/C12H16O5S2/c13-6-8-9(14)10(15)11(16)12(17-8)19-18-7-4-2-1-3-5-7/h1-5,8-16H,6H2. The lowest BCUT2D eigenvalue weighted by atomic mass is 10.0. The molecule has 5 atom stereocenters. The highest BCUT2D eigenvalue weighted by atomic mass is 33.1. The van der Waals surface area contributed by atoms with E-state index in [2.05, 4.69) is 0 Å². The molecule has 1 aliphatic rings. The summed E-state index contributed by atoms with van der Waals surface area (Å²) in [6, 6.07) is 9.54. The molecule has 1 fully saturated rings. The largest absolute Gasteiger partial charge is 0.394 e. The van der Waals surface area contributed by atoms with Crippen molar-refractivity contribution in [3.63, 3.8) is 0 Å². The van der Waals surface area contributed by atoms with Gasteiger partial charge in [0.25, 0.3) is 0 Å². The number of aliphatic hydroxyl groups excluding tert-OH is 4. The molecule has 19 heavy (non-hydrogen) atoms. The fourth-order valence-corrected chi connectivity index (χ4v) is 4.09. The van der Waals surface area contributed by atoms with E-state index in [0.29, 0.717) is 0 Å². The number of benzene rings is 1. The smallest absolute Gasteiger partial charge is 0.142 e. The predicted molar refractivity (Wildman–Crippen MR) is 73.7 cm³/mol. The van der Waals surface area contributed by atoms with E-state index in [0.717, 1.165) is 4.90 Å². The van der Waals surface area contributed by atoms with Crippen molar-refractivity contribution in [1.29, 1.82) is 0 Å². The van der Waals surface area contributed by atoms with Gasteiger partial charge < -0.3 is 25.2 Å². The van der Waals surface area contributed by atoms with Crippen LogP contribution in [0.5, 0.6) is 0 Å². The molecule has 7 heteroatoms. The van der Waals surface area contributed by atoms with Gasteiger partial charge in [0.15, 0.2) is 0 Å². The topological polar surface area (TPSA) is 90.2 Å². The molecule has 4 N–H and O–H groups in total. The van der Waals surface area contributed by atoms with Crippen molar-refractivity contribution in [2.75, 3.05) is 6.61 Å². The molecule has 106 valence electrons. The molecule has 0 radical (unpaired) electrons. The first kappa shape index (κ1) is 15.1. The van der Waals surface area contributed by atoms with E-state index in [9.17, 15) is 15.3 Å². The Hall–Kier alpha value is -0.280. The van der Waals surface area contributed by atoms with E-state index in [-0.39, 0.29) is 0 Å². The summed E-state index contributed by atoms with van der Waals surface area (Å²) in [4.78, 5) is 0.990. The summed E-state index contributed by atoms with van der Waals surface area (Å²) >= 11 is 0. The Morgan fingerprint density at radius 2 is 1.68 bits per heavy atom. The molecule has 0 spiro atoms. The molecule has 0 aromatic heterocycles. The van der Waals surface area contributed by atoms with Gasteiger partial charge in [-0.15, -0.1) is 0 Å². The highest BCUT2D eigenvalue weighted by molar-refractivity contribution is 8.76. The van der Waals surface area contributed by atoms with Crippen LogP contribution in [0.15, 0.2) is 35.2 Å². The Morgan fingerprint density at radius 1 is 1.00 bits per heavy atom. The third-order valence-corrected chi connectivity index (χ3v) is 5.41. The number of rotatable bonds is 4. The minimum absolute atomic E-state index is 0.405. The van der Waals surface area contributed by atoms with E-state index in [4.69, 9.17) is 9.84 Å². The van der Waals surface area contributed by atoms with Gasteiger partial charge in [-0.1, -0.05) is 39.8 Å². The number of hydrogen-bond acceptors (Lipinski definition) is 7. The predicted octanol–water partition coefficient (Wildman–Crippen LogP) is 0.227. The Labute approximate surface area is 119 Å². The van der Waals surface area contributed by atoms with Crippen LogP contribution in [0, 0.1) is 0 Å². The quantitative estimate of drug-likeness (QED) is 0.592. The fourth-order valence-electron chi connectivity index (χ4n) is 1.73. The summed E-state index contributed by atoms with van der Waals surface area (Å²) in [6.45, 7) is -0.405. The zero-order chi connectivity index (χ0) is 13.8. The maximum atomic E-state index is 9.85. The van der Waals surface area contributed by atoms with Gasteiger partial charge in [-0.05, 0) is 12.1 Å². The van der Waals surface area contributed by atoms with Gasteiger partial charge >= 0.3 is 0 Å². The van der Waals surface area contributed by atoms with Crippen LogP contribution in [-0.4, -0.2) is 56.9 Å². The molecule has 1 aliphatic heterocycles. The summed E-state index contributed by atoms with van der Waals surface area (Å²) in [5.74, 6) is 0. The first-order chi connectivity index (χ1) is 9.13. The molecule has 1 saturated heterocycles. The van der Waals surface area contributed by atoms with Crippen LogP contribution in [0.25, 0.3) is 0 Å². The van der Waals surface area contributed by atoms with E-state index in [1.165, 1.54) is 21.6 Å². The summed E-state index contributed by atoms with van der Waals surface area (Å²) in [6.07, 6.45) is -4.68. The van der Waals surface area contributed by atoms with Gasteiger partial charge in [0.05, 0.1) is 6.61 Å². The first-order valence-electron chi connectivity index (χ1n) is 5.82. The maximum absolute atomic E-state index is 9.85. The van der Waals surface area contributed by atoms with E-state index >= 15 is 0 Å². The molecule has 1 aromatic rings. The second-order valence-corrected chi connectivity index (χ2v) is 6.56. The molecule has 0 saturated carbocycles. The number of ether oxygens (including phenoxy) is 1.